The van der Waals surface area contributed by atoms with Crippen molar-refractivity contribution >= 4 is 58.5 Å². The average molecular weight is 507 g/mol. The van der Waals surface area contributed by atoms with E-state index in [1.165, 1.54) is 13.3 Å². The van der Waals surface area contributed by atoms with Crippen LogP contribution in [0.1, 0.15) is 11.1 Å². The predicted octanol–water partition coefficient (Wildman–Crippen LogP) is 5.32. The molecule has 2 N–H and O–H groups in total. The number of rotatable bonds is 7. The molecule has 0 saturated carbocycles. The molecule has 0 aliphatic heterocycles. The minimum atomic E-state index is -0.968. The summed E-state index contributed by atoms with van der Waals surface area (Å²) in [6, 6.07) is 16.7. The lowest BCUT2D eigenvalue weighted by Gasteiger charge is -2.12. The fourth-order valence-corrected chi connectivity index (χ4v) is 3.40. The van der Waals surface area contributed by atoms with E-state index in [9.17, 15) is 9.59 Å². The van der Waals surface area contributed by atoms with Crippen LogP contribution in [0, 0.1) is 0 Å². The number of amides is 2. The molecule has 0 saturated heterocycles. The number of para-hydroxylation sites is 2. The maximum atomic E-state index is 12.1. The van der Waals surface area contributed by atoms with Crippen molar-refractivity contribution in [3.63, 3.8) is 0 Å². The van der Waals surface area contributed by atoms with Crippen LogP contribution in [-0.2, 0) is 16.2 Å². The van der Waals surface area contributed by atoms with Gasteiger partial charge in [0.2, 0.25) is 0 Å². The lowest BCUT2D eigenvalue weighted by molar-refractivity contribution is -0.136. The van der Waals surface area contributed by atoms with Crippen molar-refractivity contribution < 1.29 is 19.1 Å². The Morgan fingerprint density at radius 1 is 0.939 bits per heavy atom. The highest BCUT2D eigenvalue weighted by atomic mass is 35.5. The molecule has 170 valence electrons. The number of hydrogen-bond acceptors (Lipinski definition) is 5. The van der Waals surface area contributed by atoms with Crippen molar-refractivity contribution in [2.24, 2.45) is 5.10 Å². The first kappa shape index (κ1) is 24.4. The van der Waals surface area contributed by atoms with Crippen LogP contribution in [-0.4, -0.2) is 25.1 Å². The molecule has 33 heavy (non-hydrogen) atoms. The van der Waals surface area contributed by atoms with Crippen LogP contribution in [0.3, 0.4) is 0 Å². The average Bonchev–Trinajstić information content (AvgIpc) is 2.80. The summed E-state index contributed by atoms with van der Waals surface area (Å²) in [7, 11) is 1.46. The number of nitrogens with zero attached hydrogens (tertiary/aromatic N) is 1. The zero-order valence-corrected chi connectivity index (χ0v) is 19.5. The fourth-order valence-electron chi connectivity index (χ4n) is 2.71. The lowest BCUT2D eigenvalue weighted by Crippen LogP contribution is -2.32. The van der Waals surface area contributed by atoms with E-state index in [4.69, 9.17) is 44.3 Å². The third-order valence-corrected chi connectivity index (χ3v) is 5.28. The summed E-state index contributed by atoms with van der Waals surface area (Å²) in [6.45, 7) is 0.106. The molecule has 3 aromatic carbocycles. The lowest BCUT2D eigenvalue weighted by atomic mass is 10.2. The SMILES string of the molecule is COc1ccccc1NC(=O)C(=O)N/N=C\c1cc(Cl)ccc1OCc1c(Cl)cccc1Cl. The summed E-state index contributed by atoms with van der Waals surface area (Å²) in [5, 5.41) is 7.66. The van der Waals surface area contributed by atoms with E-state index in [0.29, 0.717) is 43.4 Å². The van der Waals surface area contributed by atoms with Gasteiger partial charge in [0, 0.05) is 26.2 Å². The van der Waals surface area contributed by atoms with Gasteiger partial charge in [0.05, 0.1) is 19.0 Å². The number of carbonyl (C=O) groups excluding carboxylic acids is 2. The van der Waals surface area contributed by atoms with Gasteiger partial charge in [-0.25, -0.2) is 5.43 Å². The largest absolute Gasteiger partial charge is 0.495 e. The highest BCUT2D eigenvalue weighted by Gasteiger charge is 2.15. The Kier molecular flexibility index (Phi) is 8.54. The molecule has 0 radical (unpaired) electrons. The molecule has 2 amide bonds. The van der Waals surface area contributed by atoms with E-state index in [2.05, 4.69) is 15.8 Å². The smallest absolute Gasteiger partial charge is 0.329 e. The zero-order valence-electron chi connectivity index (χ0n) is 17.3. The molecule has 0 fully saturated rings. The Bertz CT molecular complexity index is 1180. The molecule has 3 aromatic rings. The van der Waals surface area contributed by atoms with E-state index < -0.39 is 11.8 Å². The number of nitrogens with one attached hydrogen (secondary N) is 2. The van der Waals surface area contributed by atoms with Gasteiger partial charge < -0.3 is 14.8 Å². The Morgan fingerprint density at radius 2 is 1.67 bits per heavy atom. The van der Waals surface area contributed by atoms with Crippen molar-refractivity contribution in [3.8, 4) is 11.5 Å². The minimum Gasteiger partial charge on any atom is -0.495 e. The van der Waals surface area contributed by atoms with Crippen molar-refractivity contribution in [2.75, 3.05) is 12.4 Å². The van der Waals surface area contributed by atoms with Crippen LogP contribution in [0.5, 0.6) is 11.5 Å². The molecule has 0 aromatic heterocycles. The highest BCUT2D eigenvalue weighted by Crippen LogP contribution is 2.28. The first-order valence-electron chi connectivity index (χ1n) is 9.51. The zero-order chi connectivity index (χ0) is 23.8. The normalized spacial score (nSPS) is 10.7. The van der Waals surface area contributed by atoms with Crippen LogP contribution in [0.2, 0.25) is 15.1 Å². The molecular weight excluding hydrogens is 489 g/mol. The molecule has 0 atom stereocenters. The van der Waals surface area contributed by atoms with E-state index in [1.807, 2.05) is 0 Å². The molecule has 10 heteroatoms. The van der Waals surface area contributed by atoms with E-state index in [-0.39, 0.29) is 6.61 Å². The van der Waals surface area contributed by atoms with Gasteiger partial charge in [0.1, 0.15) is 18.1 Å². The number of ether oxygens (including phenoxy) is 2. The third kappa shape index (κ3) is 6.61. The van der Waals surface area contributed by atoms with Crippen molar-refractivity contribution in [1.29, 1.82) is 0 Å². The number of halogens is 3. The number of anilines is 1. The maximum absolute atomic E-state index is 12.1. The quantitative estimate of drug-likeness (QED) is 0.258. The Labute approximate surface area is 205 Å². The second-order valence-corrected chi connectivity index (χ2v) is 7.78. The van der Waals surface area contributed by atoms with Gasteiger partial charge in [-0.3, -0.25) is 9.59 Å². The van der Waals surface area contributed by atoms with Gasteiger partial charge >= 0.3 is 11.8 Å². The molecule has 7 nitrogen and oxygen atoms in total. The van der Waals surface area contributed by atoms with Crippen LogP contribution in [0.15, 0.2) is 65.8 Å². The minimum absolute atomic E-state index is 0.106. The van der Waals surface area contributed by atoms with Gasteiger partial charge in [-0.15, -0.1) is 0 Å². The van der Waals surface area contributed by atoms with Crippen molar-refractivity contribution in [2.45, 2.75) is 6.61 Å². The van der Waals surface area contributed by atoms with Gasteiger partial charge in [-0.05, 0) is 42.5 Å². The molecule has 3 rings (SSSR count). The third-order valence-electron chi connectivity index (χ3n) is 4.34. The molecular formula is C23H18Cl3N3O4. The number of hydrogen-bond donors (Lipinski definition) is 2. The van der Waals surface area contributed by atoms with E-state index in [0.717, 1.165) is 0 Å². The number of methoxy groups -OCH3 is 1. The van der Waals surface area contributed by atoms with Gasteiger partial charge in [0.15, 0.2) is 0 Å². The first-order chi connectivity index (χ1) is 15.9. The van der Waals surface area contributed by atoms with Crippen molar-refractivity contribution in [1.82, 2.24) is 5.43 Å². The summed E-state index contributed by atoms with van der Waals surface area (Å²) >= 11 is 18.4. The first-order valence-corrected chi connectivity index (χ1v) is 10.6. The van der Waals surface area contributed by atoms with E-state index in [1.54, 1.807) is 60.7 Å². The Hall–Kier alpha value is -3.26. The van der Waals surface area contributed by atoms with Gasteiger partial charge in [0.25, 0.3) is 0 Å². The predicted molar refractivity (Wildman–Crippen MR) is 130 cm³/mol. The monoisotopic (exact) mass is 505 g/mol. The summed E-state index contributed by atoms with van der Waals surface area (Å²) in [5.74, 6) is -1.04. The number of carbonyl (C=O) groups is 2. The molecule has 0 bridgehead atoms. The molecule has 0 aliphatic carbocycles. The summed E-state index contributed by atoms with van der Waals surface area (Å²) in [4.78, 5) is 24.3. The topological polar surface area (TPSA) is 89.0 Å². The second kappa shape index (κ2) is 11.6. The molecule has 0 aliphatic rings. The van der Waals surface area contributed by atoms with Gasteiger partial charge in [-0.1, -0.05) is 53.0 Å². The number of hydrazone groups is 1. The number of benzene rings is 3. The van der Waals surface area contributed by atoms with E-state index >= 15 is 0 Å². The summed E-state index contributed by atoms with van der Waals surface area (Å²) in [5.41, 5.74) is 3.61. The fraction of sp³-hybridized carbons (Fsp3) is 0.0870. The standard InChI is InChI=1S/C23H18Cl3N3O4/c1-32-21-8-3-2-7-19(21)28-22(30)23(31)29-27-12-14-11-15(24)9-10-20(14)33-13-16-17(25)5-4-6-18(16)26/h2-12H,13H2,1H3,(H,28,30)(H,29,31)/b27-12-. The summed E-state index contributed by atoms with van der Waals surface area (Å²) in [6.07, 6.45) is 1.31. The molecule has 0 unspecified atom stereocenters. The van der Waals surface area contributed by atoms with Gasteiger partial charge in [-0.2, -0.15) is 5.10 Å². The van der Waals surface area contributed by atoms with Crippen molar-refractivity contribution in [3.05, 3.63) is 86.9 Å². The van der Waals surface area contributed by atoms with Crippen LogP contribution < -0.4 is 20.2 Å². The summed E-state index contributed by atoms with van der Waals surface area (Å²) < 4.78 is 11.0. The van der Waals surface area contributed by atoms with Crippen LogP contribution >= 0.6 is 34.8 Å². The molecule has 0 heterocycles. The molecule has 0 spiro atoms. The Balaban J connectivity index is 1.66. The Morgan fingerprint density at radius 3 is 2.39 bits per heavy atom. The maximum Gasteiger partial charge on any atom is 0.329 e. The second-order valence-electron chi connectivity index (χ2n) is 6.52. The van der Waals surface area contributed by atoms with Crippen LogP contribution in [0.4, 0.5) is 5.69 Å². The highest BCUT2D eigenvalue weighted by molar-refractivity contribution is 6.39. The van der Waals surface area contributed by atoms with Crippen LogP contribution in [0.25, 0.3) is 0 Å².